The summed E-state index contributed by atoms with van der Waals surface area (Å²) < 4.78 is 0. The maximum atomic E-state index is 0. The molecule has 0 heterocycles. The van der Waals surface area contributed by atoms with E-state index in [0.29, 0.717) is 0 Å². The Kier molecular flexibility index (Phi) is 87400. The summed E-state index contributed by atoms with van der Waals surface area (Å²) in [7, 11) is 0. The maximum Gasteiger partial charge on any atom is 0 e. The smallest absolute Gasteiger partial charge is 0 e. The van der Waals surface area contributed by atoms with Crippen LogP contribution in [0.25, 0.3) is 0 Å². The first-order valence-electron chi connectivity index (χ1n) is 0. The van der Waals surface area contributed by atoms with Crippen molar-refractivity contribution >= 4 is 12.4 Å². The summed E-state index contributed by atoms with van der Waals surface area (Å²) in [4.78, 5) is 0. The fraction of sp³-hybridized carbons (Fsp3) is 0. The Labute approximate surface area is 66.2 Å². The molecule has 0 atom stereocenters. The first-order valence-corrected chi connectivity index (χ1v) is 0. The largest absolute Gasteiger partial charge is 0.412 e. The molecule has 0 saturated heterocycles. The first-order chi connectivity index (χ1) is 0. The van der Waals surface area contributed by atoms with Gasteiger partial charge in [0.25, 0.3) is 0 Å². The summed E-state index contributed by atoms with van der Waals surface area (Å²) in [5.74, 6) is 0. The van der Waals surface area contributed by atoms with Crippen molar-refractivity contribution in [2.24, 2.45) is 0 Å². The molecule has 0 aliphatic carbocycles. The second-order valence-electron chi connectivity index (χ2n) is 0. The molecule has 0 bridgehead atoms. The molecule has 66 valence electrons. The fourth-order valence-electron chi connectivity index (χ4n) is 0. The molecular formula is H13ClO6Pd. The predicted molar refractivity (Wildman–Crippen MR) is 28.9 cm³/mol. The van der Waals surface area contributed by atoms with E-state index < -0.39 is 0 Å². The van der Waals surface area contributed by atoms with Crippen molar-refractivity contribution in [3.63, 3.8) is 0 Å². The molecule has 6 nitrogen and oxygen atoms in total. The van der Waals surface area contributed by atoms with E-state index in [4.69, 9.17) is 0 Å². The third kappa shape index (κ3) is 432. The van der Waals surface area contributed by atoms with Gasteiger partial charge in [0, 0.05) is 20.4 Å². The summed E-state index contributed by atoms with van der Waals surface area (Å²) in [6.45, 7) is 0. The van der Waals surface area contributed by atoms with E-state index in [1.165, 1.54) is 0 Å². The van der Waals surface area contributed by atoms with Gasteiger partial charge in [0.05, 0.1) is 0 Å². The van der Waals surface area contributed by atoms with Crippen LogP contribution in [-0.4, -0.2) is 32.9 Å². The minimum Gasteiger partial charge on any atom is -0.412 e. The van der Waals surface area contributed by atoms with Crippen LogP contribution in [0.1, 0.15) is 0 Å². The molecule has 0 amide bonds. The normalized spacial score (nSPS) is 0. The summed E-state index contributed by atoms with van der Waals surface area (Å²) >= 11 is 0. The fourth-order valence-corrected chi connectivity index (χ4v) is 0. The molecule has 0 aliphatic heterocycles. The van der Waals surface area contributed by atoms with Gasteiger partial charge in [-0.2, -0.15) is 0 Å². The van der Waals surface area contributed by atoms with E-state index in [2.05, 4.69) is 0 Å². The Morgan fingerprint density at radius 2 is 0.375 bits per heavy atom. The molecule has 0 saturated carbocycles. The second-order valence-corrected chi connectivity index (χ2v) is 0. The van der Waals surface area contributed by atoms with Gasteiger partial charge in [-0.1, -0.05) is 0 Å². The summed E-state index contributed by atoms with van der Waals surface area (Å²) in [5, 5.41) is 0. The van der Waals surface area contributed by atoms with Crippen molar-refractivity contribution in [1.29, 1.82) is 0 Å². The van der Waals surface area contributed by atoms with Gasteiger partial charge in [-0.05, 0) is 0 Å². The van der Waals surface area contributed by atoms with Crippen molar-refractivity contribution in [2.75, 3.05) is 0 Å². The van der Waals surface area contributed by atoms with E-state index in [1.54, 1.807) is 0 Å². The second kappa shape index (κ2) is 685. The van der Waals surface area contributed by atoms with E-state index in [0.717, 1.165) is 0 Å². The molecular weight excluding hydrogens is 238 g/mol. The Hall–Kier alpha value is 0.712. The monoisotopic (exact) mass is 250 g/mol. The molecule has 0 aromatic rings. The van der Waals surface area contributed by atoms with E-state index in [1.807, 2.05) is 0 Å². The summed E-state index contributed by atoms with van der Waals surface area (Å²) in [5.41, 5.74) is 0. The average molecular weight is 251 g/mol. The Balaban J connectivity index is 0. The van der Waals surface area contributed by atoms with Crippen LogP contribution in [0.3, 0.4) is 0 Å². The van der Waals surface area contributed by atoms with Crippen LogP contribution in [0.5, 0.6) is 0 Å². The number of hydrogen-bond donors (Lipinski definition) is 0. The quantitative estimate of drug-likeness (QED) is 0.375. The average Bonchev–Trinajstić information content (AvgIpc) is 0. The van der Waals surface area contributed by atoms with Crippen molar-refractivity contribution in [2.45, 2.75) is 0 Å². The standard InChI is InChI=1S/ClH.6H2O.Pd/h1H;6*1H2;. The van der Waals surface area contributed by atoms with Gasteiger partial charge < -0.3 is 32.9 Å². The molecule has 0 radical (unpaired) electrons. The van der Waals surface area contributed by atoms with Gasteiger partial charge in [0.1, 0.15) is 0 Å². The van der Waals surface area contributed by atoms with Crippen molar-refractivity contribution in [1.82, 2.24) is 0 Å². The van der Waals surface area contributed by atoms with Crippen LogP contribution in [0.2, 0.25) is 0 Å². The SMILES string of the molecule is Cl.O.O.O.O.O.O.[Pd]. The third-order valence-electron chi connectivity index (χ3n) is 0. The topological polar surface area (TPSA) is 189 Å². The Morgan fingerprint density at radius 1 is 0.375 bits per heavy atom. The molecule has 12 N–H and O–H groups in total. The van der Waals surface area contributed by atoms with Gasteiger partial charge in [0.2, 0.25) is 0 Å². The van der Waals surface area contributed by atoms with E-state index in [-0.39, 0.29) is 65.7 Å². The van der Waals surface area contributed by atoms with Gasteiger partial charge in [-0.25, -0.2) is 0 Å². The Bertz CT molecular complexity index is 8.49. The zero-order valence-corrected chi connectivity index (χ0v) is 6.10. The molecule has 0 aliphatic rings. The van der Waals surface area contributed by atoms with Crippen LogP contribution in [0.15, 0.2) is 0 Å². The zero-order valence-electron chi connectivity index (χ0n) is 3.72. The first kappa shape index (κ1) is 1020. The van der Waals surface area contributed by atoms with Crippen LogP contribution < -0.4 is 0 Å². The Morgan fingerprint density at radius 3 is 0.375 bits per heavy atom. The zero-order chi connectivity index (χ0) is 0. The molecule has 8 heavy (non-hydrogen) atoms. The summed E-state index contributed by atoms with van der Waals surface area (Å²) in [6, 6.07) is 0. The molecule has 0 rings (SSSR count). The number of hydrogen-bond acceptors (Lipinski definition) is 0. The van der Waals surface area contributed by atoms with Gasteiger partial charge in [0.15, 0.2) is 0 Å². The van der Waals surface area contributed by atoms with Gasteiger partial charge in [-0.15, -0.1) is 12.4 Å². The number of halogens is 1. The molecule has 0 unspecified atom stereocenters. The number of rotatable bonds is 0. The van der Waals surface area contributed by atoms with Crippen LogP contribution in [0.4, 0.5) is 0 Å². The maximum absolute atomic E-state index is 0. The molecule has 0 aromatic heterocycles. The molecule has 8 heteroatoms. The van der Waals surface area contributed by atoms with Gasteiger partial charge >= 0.3 is 0 Å². The van der Waals surface area contributed by atoms with Gasteiger partial charge in [-0.3, -0.25) is 0 Å². The van der Waals surface area contributed by atoms with Crippen molar-refractivity contribution in [3.8, 4) is 0 Å². The molecule has 0 spiro atoms. The molecule has 0 fully saturated rings. The van der Waals surface area contributed by atoms with Crippen molar-refractivity contribution < 1.29 is 53.3 Å². The predicted octanol–water partition coefficient (Wildman–Crippen LogP) is -4.53. The minimum atomic E-state index is 0. The third-order valence-corrected chi connectivity index (χ3v) is 0. The summed E-state index contributed by atoms with van der Waals surface area (Å²) in [6.07, 6.45) is 0. The molecule has 0 aromatic carbocycles. The minimum absolute atomic E-state index is 0. The van der Waals surface area contributed by atoms with Crippen LogP contribution in [-0.2, 0) is 20.4 Å². The van der Waals surface area contributed by atoms with Crippen LogP contribution >= 0.6 is 12.4 Å². The van der Waals surface area contributed by atoms with Crippen molar-refractivity contribution in [3.05, 3.63) is 0 Å². The van der Waals surface area contributed by atoms with E-state index in [9.17, 15) is 0 Å². The van der Waals surface area contributed by atoms with E-state index >= 15 is 0 Å². The van der Waals surface area contributed by atoms with Crippen LogP contribution in [0, 0.1) is 0 Å².